The summed E-state index contributed by atoms with van der Waals surface area (Å²) >= 11 is 0. The van der Waals surface area contributed by atoms with Crippen LogP contribution in [-0.2, 0) is 15.1 Å². The monoisotopic (exact) mass is 343 g/mol. The molecule has 1 aliphatic rings. The van der Waals surface area contributed by atoms with E-state index in [1.807, 2.05) is 13.8 Å². The van der Waals surface area contributed by atoms with Gasteiger partial charge in [0.1, 0.15) is 0 Å². The molecule has 2 rings (SSSR count). The van der Waals surface area contributed by atoms with Crippen LogP contribution >= 0.6 is 0 Å². The Hall–Kier alpha value is -2.12. The van der Waals surface area contributed by atoms with Crippen LogP contribution in [0.25, 0.3) is 0 Å². The lowest BCUT2D eigenvalue weighted by Gasteiger charge is -2.34. The standard InChI is InChI=1S/C16H20F3N3O2/c1-15(2,12-3-7-20-8-4-12)21-13(23)11-5-9-22(10-6-11)14(24)16(17,18)19/h3-4,7-8,11H,5-6,9-10H2,1-2H3,(H,21,23). The lowest BCUT2D eigenvalue weighted by molar-refractivity contribution is -0.186. The summed E-state index contributed by atoms with van der Waals surface area (Å²) in [5.74, 6) is -2.45. The molecule has 0 bridgehead atoms. The Bertz CT molecular complexity index is 594. The maximum atomic E-state index is 12.4. The number of halogens is 3. The molecule has 1 aromatic rings. The van der Waals surface area contributed by atoms with Gasteiger partial charge in [0.2, 0.25) is 5.91 Å². The van der Waals surface area contributed by atoms with Crippen molar-refractivity contribution in [2.24, 2.45) is 5.92 Å². The van der Waals surface area contributed by atoms with E-state index in [4.69, 9.17) is 0 Å². The zero-order valence-corrected chi connectivity index (χ0v) is 13.6. The number of nitrogens with zero attached hydrogens (tertiary/aromatic N) is 2. The highest BCUT2D eigenvalue weighted by atomic mass is 19.4. The topological polar surface area (TPSA) is 62.3 Å². The molecule has 24 heavy (non-hydrogen) atoms. The molecule has 1 N–H and O–H groups in total. The van der Waals surface area contributed by atoms with Gasteiger partial charge in [-0.3, -0.25) is 14.6 Å². The maximum Gasteiger partial charge on any atom is 0.471 e. The Balaban J connectivity index is 1.93. The summed E-state index contributed by atoms with van der Waals surface area (Å²) in [4.78, 5) is 28.3. The van der Waals surface area contributed by atoms with Crippen molar-refractivity contribution < 1.29 is 22.8 Å². The smallest absolute Gasteiger partial charge is 0.347 e. The minimum Gasteiger partial charge on any atom is -0.347 e. The average Bonchev–Trinajstić information content (AvgIpc) is 2.54. The second kappa shape index (κ2) is 6.78. The number of carbonyl (C=O) groups is 2. The first-order chi connectivity index (χ1) is 11.1. The molecule has 1 saturated heterocycles. The third-order valence-corrected chi connectivity index (χ3v) is 4.23. The molecule has 1 aromatic heterocycles. The lowest BCUT2D eigenvalue weighted by Crippen LogP contribution is -2.50. The van der Waals surface area contributed by atoms with Gasteiger partial charge >= 0.3 is 12.1 Å². The third-order valence-electron chi connectivity index (χ3n) is 4.23. The molecule has 0 spiro atoms. The van der Waals surface area contributed by atoms with Gasteiger partial charge in [-0.2, -0.15) is 13.2 Å². The van der Waals surface area contributed by atoms with Gasteiger partial charge in [-0.15, -0.1) is 0 Å². The summed E-state index contributed by atoms with van der Waals surface area (Å²) < 4.78 is 37.3. The predicted octanol–water partition coefficient (Wildman–Crippen LogP) is 2.23. The first kappa shape index (κ1) is 18.2. The SMILES string of the molecule is CC(C)(NC(=O)C1CCN(C(=O)C(F)(F)F)CC1)c1ccncc1. The summed E-state index contributed by atoms with van der Waals surface area (Å²) in [5, 5.41) is 2.92. The predicted molar refractivity (Wildman–Crippen MR) is 80.8 cm³/mol. The fourth-order valence-electron chi connectivity index (χ4n) is 2.77. The molecule has 2 amide bonds. The van der Waals surface area contributed by atoms with E-state index in [2.05, 4.69) is 10.3 Å². The molecular formula is C16H20F3N3O2. The number of rotatable bonds is 3. The molecule has 132 valence electrons. The van der Waals surface area contributed by atoms with Gasteiger partial charge in [0.15, 0.2) is 0 Å². The zero-order valence-electron chi connectivity index (χ0n) is 13.6. The highest BCUT2D eigenvalue weighted by molar-refractivity contribution is 5.83. The fourth-order valence-corrected chi connectivity index (χ4v) is 2.77. The van der Waals surface area contributed by atoms with Crippen LogP contribution < -0.4 is 5.32 Å². The first-order valence-corrected chi connectivity index (χ1v) is 7.70. The number of likely N-dealkylation sites (tertiary alicyclic amines) is 1. The van der Waals surface area contributed by atoms with Gasteiger partial charge in [-0.1, -0.05) is 0 Å². The van der Waals surface area contributed by atoms with E-state index < -0.39 is 23.5 Å². The molecule has 5 nitrogen and oxygen atoms in total. The Kier molecular flexibility index (Phi) is 5.15. The molecule has 0 atom stereocenters. The summed E-state index contributed by atoms with van der Waals surface area (Å²) in [6.45, 7) is 3.57. The summed E-state index contributed by atoms with van der Waals surface area (Å²) in [6, 6.07) is 3.59. The number of alkyl halides is 3. The molecule has 1 fully saturated rings. The quantitative estimate of drug-likeness (QED) is 0.915. The normalized spacial score (nSPS) is 16.8. The molecule has 0 radical (unpaired) electrons. The number of pyridine rings is 1. The van der Waals surface area contributed by atoms with Crippen molar-refractivity contribution in [1.82, 2.24) is 15.2 Å². The number of carbonyl (C=O) groups excluding carboxylic acids is 2. The lowest BCUT2D eigenvalue weighted by atomic mass is 9.91. The molecule has 0 aromatic carbocycles. The summed E-state index contributed by atoms with van der Waals surface area (Å²) in [5.41, 5.74) is 0.273. The largest absolute Gasteiger partial charge is 0.471 e. The average molecular weight is 343 g/mol. The van der Waals surface area contributed by atoms with Crippen LogP contribution in [0, 0.1) is 5.92 Å². The second-order valence-electron chi connectivity index (χ2n) is 6.41. The van der Waals surface area contributed by atoms with Gasteiger partial charge in [0.05, 0.1) is 5.54 Å². The van der Waals surface area contributed by atoms with E-state index in [1.54, 1.807) is 24.5 Å². The van der Waals surface area contributed by atoms with Crippen molar-refractivity contribution in [3.63, 3.8) is 0 Å². The first-order valence-electron chi connectivity index (χ1n) is 7.70. The zero-order chi connectivity index (χ0) is 18.0. The summed E-state index contributed by atoms with van der Waals surface area (Å²) in [7, 11) is 0. The number of piperidine rings is 1. The van der Waals surface area contributed by atoms with Crippen molar-refractivity contribution in [3.05, 3.63) is 30.1 Å². The van der Waals surface area contributed by atoms with E-state index >= 15 is 0 Å². The van der Waals surface area contributed by atoms with Crippen molar-refractivity contribution in [2.45, 2.75) is 38.4 Å². The van der Waals surface area contributed by atoms with Crippen LogP contribution in [0.3, 0.4) is 0 Å². The van der Waals surface area contributed by atoms with Crippen LogP contribution in [0.1, 0.15) is 32.3 Å². The Morgan fingerprint density at radius 3 is 2.21 bits per heavy atom. The number of amides is 2. The van der Waals surface area contributed by atoms with Gasteiger partial charge in [-0.05, 0) is 44.4 Å². The van der Waals surface area contributed by atoms with Gasteiger partial charge in [0, 0.05) is 31.4 Å². The van der Waals surface area contributed by atoms with E-state index in [1.165, 1.54) is 0 Å². The fraction of sp³-hybridized carbons (Fsp3) is 0.562. The Morgan fingerprint density at radius 1 is 1.17 bits per heavy atom. The molecule has 8 heteroatoms. The minimum atomic E-state index is -4.86. The highest BCUT2D eigenvalue weighted by Crippen LogP contribution is 2.25. The number of nitrogens with one attached hydrogen (secondary N) is 1. The minimum absolute atomic E-state index is 0.0634. The van der Waals surface area contributed by atoms with Gasteiger partial charge in [-0.25, -0.2) is 0 Å². The molecule has 2 heterocycles. The summed E-state index contributed by atoms with van der Waals surface area (Å²) in [6.07, 6.45) is -1.16. The molecule has 0 unspecified atom stereocenters. The van der Waals surface area contributed by atoms with Crippen LogP contribution in [0.4, 0.5) is 13.2 Å². The van der Waals surface area contributed by atoms with Crippen molar-refractivity contribution in [2.75, 3.05) is 13.1 Å². The van der Waals surface area contributed by atoms with Crippen LogP contribution in [-0.4, -0.2) is 41.0 Å². The highest BCUT2D eigenvalue weighted by Gasteiger charge is 2.44. The van der Waals surface area contributed by atoms with E-state index in [-0.39, 0.29) is 31.8 Å². The van der Waals surface area contributed by atoms with Gasteiger partial charge < -0.3 is 10.2 Å². The Morgan fingerprint density at radius 2 is 1.71 bits per heavy atom. The number of hydrogen-bond acceptors (Lipinski definition) is 3. The maximum absolute atomic E-state index is 12.4. The Labute approximate surface area is 138 Å². The van der Waals surface area contributed by atoms with Gasteiger partial charge in [0.25, 0.3) is 0 Å². The third kappa shape index (κ3) is 4.24. The number of hydrogen-bond donors (Lipinski definition) is 1. The van der Waals surface area contributed by atoms with E-state index in [9.17, 15) is 22.8 Å². The van der Waals surface area contributed by atoms with Crippen molar-refractivity contribution in [3.8, 4) is 0 Å². The van der Waals surface area contributed by atoms with Crippen LogP contribution in [0.5, 0.6) is 0 Å². The van der Waals surface area contributed by atoms with Crippen molar-refractivity contribution in [1.29, 1.82) is 0 Å². The van der Waals surface area contributed by atoms with Crippen LogP contribution in [0.15, 0.2) is 24.5 Å². The molecule has 0 aliphatic carbocycles. The van der Waals surface area contributed by atoms with Crippen LogP contribution in [0.2, 0.25) is 0 Å². The van der Waals surface area contributed by atoms with Crippen molar-refractivity contribution >= 4 is 11.8 Å². The molecule has 0 saturated carbocycles. The molecule has 1 aliphatic heterocycles. The van der Waals surface area contributed by atoms with E-state index in [0.29, 0.717) is 0 Å². The molecular weight excluding hydrogens is 323 g/mol. The van der Waals surface area contributed by atoms with E-state index in [0.717, 1.165) is 10.5 Å². The number of aromatic nitrogens is 1. The second-order valence-corrected chi connectivity index (χ2v) is 6.41.